The number of carbonyl (C=O) groups excluding carboxylic acids is 3. The molecule has 3 amide bonds. The molecule has 11 rings (SSSR count). The van der Waals surface area contributed by atoms with E-state index >= 15 is 0 Å². The first kappa shape index (κ1) is 106. The first-order chi connectivity index (χ1) is 51.8. The van der Waals surface area contributed by atoms with Crippen molar-refractivity contribution in [2.75, 3.05) is 119 Å². The zero-order valence-electron chi connectivity index (χ0n) is 76.8. The number of aromatic nitrogens is 5. The normalized spacial score (nSPS) is 15.6. The van der Waals surface area contributed by atoms with E-state index in [1.165, 1.54) is 21.8 Å². The number of nitrogens with zero attached hydrogens (tertiary/aromatic N) is 10. The fourth-order valence-electron chi connectivity index (χ4n) is 9.32. The third-order valence-electron chi connectivity index (χ3n) is 14.6. The first-order valence-electron chi connectivity index (χ1n) is 40.7. The van der Waals surface area contributed by atoms with E-state index in [1.807, 2.05) is 130 Å². The Morgan fingerprint density at radius 3 is 1.18 bits per heavy atom. The van der Waals surface area contributed by atoms with Gasteiger partial charge < -0.3 is 48.6 Å². The number of piperazine rings is 1. The number of carbonyl (C=O) groups is 3. The summed E-state index contributed by atoms with van der Waals surface area (Å²) in [6.07, 6.45) is 14.7. The van der Waals surface area contributed by atoms with E-state index in [4.69, 9.17) is 14.2 Å². The van der Waals surface area contributed by atoms with Crippen LogP contribution in [-0.2, 0) is 45.2 Å². The second kappa shape index (κ2) is 51.8. The Bertz CT molecular complexity index is 3410. The van der Waals surface area contributed by atoms with E-state index in [2.05, 4.69) is 219 Å². The van der Waals surface area contributed by atoms with Crippen molar-refractivity contribution in [2.24, 2.45) is 34.1 Å². The van der Waals surface area contributed by atoms with Crippen molar-refractivity contribution in [3.63, 3.8) is 0 Å². The number of likely N-dealkylation sites (N-methyl/N-ethyl adjacent to an activating group) is 1. The van der Waals surface area contributed by atoms with E-state index in [-0.39, 0.29) is 34.1 Å². The quantitative estimate of drug-likeness (QED) is 0.137. The topological polar surface area (TPSA) is 193 Å². The van der Waals surface area contributed by atoms with Gasteiger partial charge in [0.1, 0.15) is 0 Å². The maximum absolute atomic E-state index is 12.2. The molecule has 0 aliphatic carbocycles. The van der Waals surface area contributed by atoms with Crippen LogP contribution in [0.1, 0.15) is 249 Å². The Labute approximate surface area is 687 Å². The number of rotatable bonds is 8. The first-order valence-corrected chi connectivity index (χ1v) is 40.7. The van der Waals surface area contributed by atoms with Crippen LogP contribution in [0.25, 0.3) is 0 Å². The van der Waals surface area contributed by atoms with Crippen molar-refractivity contribution in [2.45, 2.75) is 242 Å². The molecule has 0 unspecified atom stereocenters. The number of likely N-dealkylation sites (tertiary alicyclic amines) is 1. The number of aryl methyl sites for hydroxylation is 1. The molecule has 0 radical (unpaired) electrons. The van der Waals surface area contributed by atoms with Crippen LogP contribution in [0.5, 0.6) is 0 Å². The SMILES string of the molecule is C1=CCOCC1.CC(C)(C)C.CC(C)(C)C.CC(C)(C)C.CC(C)(C)C.CC(C)(C)C.CC(C)(C)c1ccc(C(=O)N2CCOCC2)cc1.CC(C)(O)Cn1ccccc1=O.CC1(O)CN(C(=O)c2ccccc2)C1.CN1CCN(C(=O)c2ccccc2)CC1.Cn1cc(C(C)(C)C)cn1.c1cnn(CCN2CCOCC2)c1. The summed E-state index contributed by atoms with van der Waals surface area (Å²) in [5.41, 5.74) is 6.02. The summed E-state index contributed by atoms with van der Waals surface area (Å²) in [6, 6.07) is 33.5. The van der Waals surface area contributed by atoms with Crippen LogP contribution in [0.2, 0.25) is 0 Å². The maximum Gasteiger partial charge on any atom is 0.254 e. The van der Waals surface area contributed by atoms with Gasteiger partial charge in [0, 0.05) is 113 Å². The van der Waals surface area contributed by atoms with Gasteiger partial charge in [-0.2, -0.15) is 10.2 Å². The summed E-state index contributed by atoms with van der Waals surface area (Å²) in [4.78, 5) is 57.2. The third-order valence-corrected chi connectivity index (χ3v) is 14.6. The van der Waals surface area contributed by atoms with E-state index < -0.39 is 11.2 Å². The van der Waals surface area contributed by atoms with Crippen LogP contribution < -0.4 is 5.56 Å². The Morgan fingerprint density at radius 1 is 0.442 bits per heavy atom. The predicted octanol–water partition coefficient (Wildman–Crippen LogP) is 18.2. The van der Waals surface area contributed by atoms with Crippen LogP contribution in [-0.4, -0.2) is 206 Å². The number of hydrogen-bond donors (Lipinski definition) is 2. The highest BCUT2D eigenvalue weighted by Gasteiger charge is 2.39. The van der Waals surface area contributed by atoms with Crippen molar-refractivity contribution in [1.82, 2.24) is 48.6 Å². The van der Waals surface area contributed by atoms with Gasteiger partial charge in [-0.05, 0) is 132 Å². The highest BCUT2D eigenvalue weighted by atomic mass is 16.5. The number of ether oxygens (including phenoxy) is 3. The lowest BCUT2D eigenvalue weighted by atomic mass is 9.86. The van der Waals surface area contributed by atoms with Gasteiger partial charge in [-0.25, -0.2) is 0 Å². The van der Waals surface area contributed by atoms with Crippen molar-refractivity contribution < 1.29 is 38.8 Å². The smallest absolute Gasteiger partial charge is 0.254 e. The lowest BCUT2D eigenvalue weighted by Crippen LogP contribution is -2.61. The van der Waals surface area contributed by atoms with Gasteiger partial charge in [0.05, 0.1) is 83.2 Å². The molecule has 640 valence electrons. The van der Waals surface area contributed by atoms with Gasteiger partial charge in [0.15, 0.2) is 0 Å². The Balaban J connectivity index is 0.00000125. The molecular weight excluding hydrogens is 1410 g/mol. The highest BCUT2D eigenvalue weighted by molar-refractivity contribution is 5.95. The summed E-state index contributed by atoms with van der Waals surface area (Å²) < 4.78 is 20.8. The lowest BCUT2D eigenvalue weighted by molar-refractivity contribution is -0.0668. The Kier molecular flexibility index (Phi) is 48.5. The number of amides is 3. The van der Waals surface area contributed by atoms with Crippen LogP contribution in [0, 0.1) is 27.1 Å². The minimum Gasteiger partial charge on any atom is -0.389 e. The minimum absolute atomic E-state index is 0.00266. The average molecular weight is 1570 g/mol. The second-order valence-electron chi connectivity index (χ2n) is 40.4. The molecule has 2 N–H and O–H groups in total. The monoisotopic (exact) mass is 1570 g/mol. The molecule has 5 aliphatic rings. The standard InChI is InChI=1S/C15H21NO2.C12H16N2O.C11H13NO2.C9H15N3O.C9H13NO2.C8H14N2.C5H8O.5C5H12/c1-15(2,3)13-6-4-12(5-7-13)14(17)16-8-10-18-11-9-16;1-13-7-9-14(10-8-13)12(15)11-5-3-2-4-6-11;1-11(14)7-12(8-11)10(13)9-5-3-2-4-6-9;1-2-10-12(3-1)5-4-11-6-8-13-9-7-11;1-9(2,12)7-10-6-4-3-5-8(10)11;1-8(2,3)7-5-9-10(4)6-7;1-2-4-6-5-3-1;5*1-5(2,3)4/h4-7H,8-11H2,1-3H3;2-6H,7-10H2,1H3;2-6,14H,7-8H2,1H3;1-3H,4-9H2;3-6,12H,7H2,1-2H3;5-6H,1-4H3;1-2H,3-5H2;5*1-4H3. The molecule has 0 saturated carbocycles. The number of hydrogen-bond acceptors (Lipinski definition) is 13. The van der Waals surface area contributed by atoms with Gasteiger partial charge in [-0.3, -0.25) is 33.4 Å². The number of morpholine rings is 2. The number of benzene rings is 3. The number of β-amino-alcohol motifs (C(OH)–C–C–N with tert-alkyl or cyclic N) is 1. The largest absolute Gasteiger partial charge is 0.389 e. The summed E-state index contributed by atoms with van der Waals surface area (Å²) >= 11 is 0. The van der Waals surface area contributed by atoms with E-state index in [1.54, 1.807) is 56.1 Å². The Morgan fingerprint density at radius 2 is 0.850 bits per heavy atom. The van der Waals surface area contributed by atoms with Crippen molar-refractivity contribution in [3.05, 3.63) is 191 Å². The summed E-state index contributed by atoms with van der Waals surface area (Å²) in [5.74, 6) is 0.264. The molecule has 0 spiro atoms. The fraction of sp³-hybridized carbons (Fsp3) is 0.638. The second-order valence-corrected chi connectivity index (χ2v) is 40.4. The molecular formula is C94H160N10O9. The molecule has 5 aliphatic heterocycles. The summed E-state index contributed by atoms with van der Waals surface area (Å²) in [6.45, 7) is 77.0. The molecule has 4 fully saturated rings. The molecule has 3 aromatic heterocycles. The number of aliphatic hydroxyl groups is 2. The van der Waals surface area contributed by atoms with Crippen molar-refractivity contribution in [1.29, 1.82) is 0 Å². The van der Waals surface area contributed by atoms with Crippen molar-refractivity contribution in [3.8, 4) is 0 Å². The van der Waals surface area contributed by atoms with Crippen molar-refractivity contribution >= 4 is 17.7 Å². The van der Waals surface area contributed by atoms with Crippen LogP contribution in [0.4, 0.5) is 0 Å². The van der Waals surface area contributed by atoms with Crippen LogP contribution in [0.15, 0.2) is 157 Å². The maximum atomic E-state index is 12.2. The van der Waals surface area contributed by atoms with Gasteiger partial charge in [0.2, 0.25) is 0 Å². The van der Waals surface area contributed by atoms with Gasteiger partial charge in [-0.15, -0.1) is 0 Å². The van der Waals surface area contributed by atoms with Gasteiger partial charge >= 0.3 is 0 Å². The molecule has 4 saturated heterocycles. The zero-order valence-corrected chi connectivity index (χ0v) is 76.8. The summed E-state index contributed by atoms with van der Waals surface area (Å²) in [7, 11) is 4.03. The minimum atomic E-state index is -0.842. The zero-order chi connectivity index (χ0) is 86.7. The van der Waals surface area contributed by atoms with Gasteiger partial charge in [0.25, 0.3) is 23.3 Å². The number of pyridine rings is 1. The van der Waals surface area contributed by atoms with Crippen LogP contribution in [0.3, 0.4) is 0 Å². The predicted molar refractivity (Wildman–Crippen MR) is 473 cm³/mol. The van der Waals surface area contributed by atoms with Crippen LogP contribution >= 0.6 is 0 Å². The lowest BCUT2D eigenvalue weighted by Gasteiger charge is -2.44. The highest BCUT2D eigenvalue weighted by Crippen LogP contribution is 2.25. The molecule has 19 heteroatoms. The third kappa shape index (κ3) is 62.0. The summed E-state index contributed by atoms with van der Waals surface area (Å²) in [5, 5.41) is 27.2. The molecule has 19 nitrogen and oxygen atoms in total. The Hall–Kier alpha value is -7.10. The molecule has 6 aromatic rings. The van der Waals surface area contributed by atoms with E-state index in [0.717, 1.165) is 96.3 Å². The average Bonchev–Trinajstić information content (AvgIpc) is 1.46. The molecule has 113 heavy (non-hydrogen) atoms. The fourth-order valence-corrected chi connectivity index (χ4v) is 9.32. The van der Waals surface area contributed by atoms with Gasteiger partial charge in [-0.1, -0.05) is 247 Å². The molecule has 3 aromatic carbocycles. The molecule has 0 bridgehead atoms. The molecule has 0 atom stereocenters. The molecule has 8 heterocycles. The van der Waals surface area contributed by atoms with E-state index in [0.29, 0.717) is 78.6 Å². The van der Waals surface area contributed by atoms with E-state index in [9.17, 15) is 29.4 Å².